The van der Waals surface area contributed by atoms with Crippen LogP contribution < -0.4 is 0 Å². The van der Waals surface area contributed by atoms with E-state index < -0.39 is 11.0 Å². The van der Waals surface area contributed by atoms with Crippen molar-refractivity contribution in [2.24, 2.45) is 17.3 Å². The number of terminal acetylenes is 1. The first-order valence-corrected chi connectivity index (χ1v) is 10.3. The summed E-state index contributed by atoms with van der Waals surface area (Å²) in [5, 5.41) is 0. The van der Waals surface area contributed by atoms with Gasteiger partial charge in [0.05, 0.1) is 5.41 Å². The predicted molar refractivity (Wildman–Crippen MR) is 115 cm³/mol. The Kier molecular flexibility index (Phi) is 9.01. The van der Waals surface area contributed by atoms with Crippen LogP contribution in [0.2, 0.25) is 0 Å². The number of Topliss-reactive ketones (excluding diaryl/α,β-unsaturated/α-hetero) is 1. The van der Waals surface area contributed by atoms with Gasteiger partial charge in [0.1, 0.15) is 5.60 Å². The lowest BCUT2D eigenvalue weighted by Gasteiger charge is -2.41. The molecule has 0 aromatic heterocycles. The minimum atomic E-state index is -0.749. The van der Waals surface area contributed by atoms with E-state index in [1.54, 1.807) is 4.90 Å². The van der Waals surface area contributed by atoms with E-state index in [1.165, 1.54) is 0 Å². The van der Waals surface area contributed by atoms with Gasteiger partial charge in [-0.05, 0) is 65.2 Å². The van der Waals surface area contributed by atoms with Crippen LogP contribution in [0.15, 0.2) is 24.8 Å². The third-order valence-corrected chi connectivity index (χ3v) is 5.34. The van der Waals surface area contributed by atoms with Gasteiger partial charge in [-0.3, -0.25) is 4.79 Å². The van der Waals surface area contributed by atoms with E-state index in [0.717, 1.165) is 12.8 Å². The fourth-order valence-corrected chi connectivity index (χ4v) is 3.97. The van der Waals surface area contributed by atoms with Gasteiger partial charge in [0, 0.05) is 19.5 Å². The summed E-state index contributed by atoms with van der Waals surface area (Å²) in [5.74, 6) is 3.50. The highest BCUT2D eigenvalue weighted by Crippen LogP contribution is 2.45. The number of carbonyl (C=O) groups excluding carboxylic acids is 2. The largest absolute Gasteiger partial charge is 0.444 e. The predicted octanol–water partition coefficient (Wildman–Crippen LogP) is 5.39. The first-order valence-electron chi connectivity index (χ1n) is 10.3. The molecule has 1 aliphatic carbocycles. The number of allylic oxidation sites excluding steroid dienone is 2. The maximum atomic E-state index is 12.9. The van der Waals surface area contributed by atoms with Crippen molar-refractivity contribution in [2.45, 2.75) is 72.3 Å². The normalized spacial score (nSPS) is 25.4. The summed E-state index contributed by atoms with van der Waals surface area (Å²) in [6.45, 7) is 14.4. The van der Waals surface area contributed by atoms with Crippen LogP contribution in [-0.2, 0) is 9.53 Å². The summed E-state index contributed by atoms with van der Waals surface area (Å²) >= 11 is 0. The highest BCUT2D eigenvalue weighted by Gasteiger charge is 2.46. The average molecular weight is 388 g/mol. The molecule has 0 saturated heterocycles. The van der Waals surface area contributed by atoms with Crippen molar-refractivity contribution in [3.05, 3.63) is 24.8 Å². The van der Waals surface area contributed by atoms with Gasteiger partial charge in [-0.15, -0.1) is 13.0 Å². The smallest absolute Gasteiger partial charge is 0.410 e. The zero-order valence-corrected chi connectivity index (χ0v) is 18.3. The Morgan fingerprint density at radius 1 is 1.46 bits per heavy atom. The zero-order valence-electron chi connectivity index (χ0n) is 18.3. The zero-order chi connectivity index (χ0) is 21.4. The van der Waals surface area contributed by atoms with Crippen molar-refractivity contribution < 1.29 is 14.3 Å². The van der Waals surface area contributed by atoms with Crippen molar-refractivity contribution in [3.63, 3.8) is 0 Å². The highest BCUT2D eigenvalue weighted by molar-refractivity contribution is 5.89. The molecule has 4 heteroatoms. The number of amides is 1. The third kappa shape index (κ3) is 6.55. The van der Waals surface area contributed by atoms with E-state index in [2.05, 4.69) is 19.4 Å². The molecule has 156 valence electrons. The Labute approximate surface area is 171 Å². The van der Waals surface area contributed by atoms with Gasteiger partial charge in [0.2, 0.25) is 0 Å². The number of rotatable bonds is 8. The van der Waals surface area contributed by atoms with Crippen LogP contribution in [0.4, 0.5) is 4.79 Å². The second-order valence-corrected chi connectivity index (χ2v) is 8.90. The van der Waals surface area contributed by atoms with Gasteiger partial charge < -0.3 is 9.64 Å². The minimum Gasteiger partial charge on any atom is -0.444 e. The van der Waals surface area contributed by atoms with Gasteiger partial charge in [-0.25, -0.2) is 4.79 Å². The van der Waals surface area contributed by atoms with Crippen LogP contribution in [0.1, 0.15) is 66.7 Å². The maximum absolute atomic E-state index is 12.9. The second-order valence-electron chi connectivity index (χ2n) is 8.90. The van der Waals surface area contributed by atoms with Crippen LogP contribution in [0, 0.1) is 29.6 Å². The summed E-state index contributed by atoms with van der Waals surface area (Å²) in [4.78, 5) is 27.1. The Morgan fingerprint density at radius 3 is 2.68 bits per heavy atom. The first-order chi connectivity index (χ1) is 13.1. The number of ether oxygens (including phenoxy) is 1. The van der Waals surface area contributed by atoms with Gasteiger partial charge >= 0.3 is 6.09 Å². The molecule has 0 unspecified atom stereocenters. The molecule has 28 heavy (non-hydrogen) atoms. The summed E-state index contributed by atoms with van der Waals surface area (Å²) in [6, 6.07) is 0. The quantitative estimate of drug-likeness (QED) is 0.414. The molecule has 1 rings (SSSR count). The fraction of sp³-hybridized carbons (Fsp3) is 0.667. The van der Waals surface area contributed by atoms with Crippen molar-refractivity contribution in [1.29, 1.82) is 0 Å². The van der Waals surface area contributed by atoms with E-state index in [0.29, 0.717) is 38.3 Å². The molecule has 1 fully saturated rings. The lowest BCUT2D eigenvalue weighted by molar-refractivity contribution is -0.133. The minimum absolute atomic E-state index is 0.122. The Hall–Kier alpha value is -2.02. The highest BCUT2D eigenvalue weighted by atomic mass is 16.6. The number of nitrogens with zero attached hydrogens (tertiary/aromatic N) is 1. The molecule has 0 heterocycles. The van der Waals surface area contributed by atoms with Crippen molar-refractivity contribution in [1.82, 2.24) is 4.90 Å². The van der Waals surface area contributed by atoms with E-state index in [1.807, 2.05) is 45.9 Å². The van der Waals surface area contributed by atoms with Crippen molar-refractivity contribution in [3.8, 4) is 12.3 Å². The van der Waals surface area contributed by atoms with E-state index >= 15 is 0 Å². The molecule has 0 aromatic carbocycles. The lowest BCUT2D eigenvalue weighted by atomic mass is 9.60. The Balaban J connectivity index is 2.88. The number of carbonyl (C=O) groups is 2. The maximum Gasteiger partial charge on any atom is 0.410 e. The molecule has 3 atom stereocenters. The molecule has 0 aromatic rings. The van der Waals surface area contributed by atoms with E-state index in [9.17, 15) is 9.59 Å². The molecule has 1 aliphatic rings. The molecule has 0 bridgehead atoms. The molecule has 0 aliphatic heterocycles. The molecule has 0 N–H and O–H groups in total. The monoisotopic (exact) mass is 387 g/mol. The number of ketones is 1. The third-order valence-electron chi connectivity index (χ3n) is 5.34. The van der Waals surface area contributed by atoms with Gasteiger partial charge in [0.15, 0.2) is 5.78 Å². The van der Waals surface area contributed by atoms with Crippen LogP contribution in [0.5, 0.6) is 0 Å². The Morgan fingerprint density at radius 2 is 2.14 bits per heavy atom. The van der Waals surface area contributed by atoms with Crippen LogP contribution >= 0.6 is 0 Å². The summed E-state index contributed by atoms with van der Waals surface area (Å²) in [6.07, 6.45) is 14.7. The van der Waals surface area contributed by atoms with Crippen LogP contribution in [0.25, 0.3) is 0 Å². The summed E-state index contributed by atoms with van der Waals surface area (Å²) < 4.78 is 5.52. The number of hydrogen-bond donors (Lipinski definition) is 0. The standard InChI is InChI=1S/C24H37NO3/c1-8-11-15-25(22(27)28-23(5,6)7)16-12-14-24(10-3)20(13-9-2)17-19(4)18-21(24)26/h3,8-9,11,19-20H,2,12-18H2,1,4-7H3/t19-,20-,24+/m1/s1. The SMILES string of the molecule is C#C[C@@]1(CCCN(CC=CC)C(=O)OC(C)(C)C)C(=O)C[C@H](C)C[C@H]1CC=C. The molecular weight excluding hydrogens is 350 g/mol. The molecular formula is C24H37NO3. The van der Waals surface area contributed by atoms with Crippen LogP contribution in [-0.4, -0.2) is 35.5 Å². The summed E-state index contributed by atoms with van der Waals surface area (Å²) in [5.41, 5.74) is -1.29. The molecule has 1 amide bonds. The topological polar surface area (TPSA) is 46.6 Å². The van der Waals surface area contributed by atoms with Crippen molar-refractivity contribution >= 4 is 11.9 Å². The molecule has 1 saturated carbocycles. The fourth-order valence-electron chi connectivity index (χ4n) is 3.97. The van der Waals surface area contributed by atoms with Gasteiger partial charge in [-0.1, -0.05) is 31.1 Å². The van der Waals surface area contributed by atoms with Crippen molar-refractivity contribution in [2.75, 3.05) is 13.1 Å². The molecule has 0 spiro atoms. The molecule has 4 nitrogen and oxygen atoms in total. The lowest BCUT2D eigenvalue weighted by Crippen LogP contribution is -2.44. The molecule has 0 radical (unpaired) electrons. The van der Waals surface area contributed by atoms with Gasteiger partial charge in [0.25, 0.3) is 0 Å². The first kappa shape index (κ1) is 24.0. The van der Waals surface area contributed by atoms with Gasteiger partial charge in [-0.2, -0.15) is 0 Å². The van der Waals surface area contributed by atoms with E-state index in [4.69, 9.17) is 11.2 Å². The Bertz CT molecular complexity index is 623. The summed E-state index contributed by atoms with van der Waals surface area (Å²) in [7, 11) is 0. The second kappa shape index (κ2) is 10.5. The average Bonchev–Trinajstić information content (AvgIpc) is 2.58. The number of hydrogen-bond acceptors (Lipinski definition) is 3. The van der Waals surface area contributed by atoms with E-state index in [-0.39, 0.29) is 17.8 Å². The van der Waals surface area contributed by atoms with Crippen LogP contribution in [0.3, 0.4) is 0 Å².